The first kappa shape index (κ1) is 33.8. The Bertz CT molecular complexity index is 1590. The molecule has 5 rings (SSSR count). The van der Waals surface area contributed by atoms with Crippen LogP contribution in [-0.4, -0.2) is 91.7 Å². The minimum Gasteiger partial charge on any atom is -0.444 e. The van der Waals surface area contributed by atoms with E-state index < -0.39 is 27.6 Å². The number of benzene rings is 2. The second-order valence-electron chi connectivity index (χ2n) is 11.5. The monoisotopic (exact) mass is 640 g/mol. The van der Waals surface area contributed by atoms with Gasteiger partial charge in [0.25, 0.3) is 5.91 Å². The average molecular weight is 641 g/mol. The fraction of sp³-hybridized carbons (Fsp3) is 0.419. The predicted molar refractivity (Wildman–Crippen MR) is 169 cm³/mol. The van der Waals surface area contributed by atoms with Gasteiger partial charge in [-0.25, -0.2) is 27.5 Å². The number of hydrogen-bond donors (Lipinski definition) is 2. The third-order valence-corrected chi connectivity index (χ3v) is 8.63. The van der Waals surface area contributed by atoms with Crippen LogP contribution >= 0.6 is 0 Å². The molecule has 13 nitrogen and oxygen atoms in total. The maximum Gasteiger partial charge on any atom is 0.410 e. The highest BCUT2D eigenvalue weighted by molar-refractivity contribution is 7.89. The summed E-state index contributed by atoms with van der Waals surface area (Å²) in [5, 5.41) is 2.79. The van der Waals surface area contributed by atoms with E-state index in [1.807, 2.05) is 6.07 Å². The fourth-order valence-corrected chi connectivity index (χ4v) is 5.63. The van der Waals surface area contributed by atoms with Gasteiger partial charge in [0.2, 0.25) is 10.0 Å². The molecule has 6 bridgehead atoms. The van der Waals surface area contributed by atoms with Crippen molar-refractivity contribution < 1.29 is 32.2 Å². The van der Waals surface area contributed by atoms with Crippen LogP contribution in [0, 0.1) is 0 Å². The number of carbonyl (C=O) groups excluding carboxylic acids is 2. The van der Waals surface area contributed by atoms with Gasteiger partial charge in [0.15, 0.2) is 11.5 Å². The van der Waals surface area contributed by atoms with E-state index in [-0.39, 0.29) is 42.6 Å². The fourth-order valence-electron chi connectivity index (χ4n) is 4.42. The highest BCUT2D eigenvalue weighted by atomic mass is 32.2. The Hall–Kier alpha value is -4.11. The SMILES string of the molecule is CN1CCCN(C(=O)OC(C)(C)C)CCOCCOCc2cccc(c2)NC(=O)c2nc(cnc2N)-c2ccc(cc2)S1(=O)=O. The molecule has 45 heavy (non-hydrogen) atoms. The lowest BCUT2D eigenvalue weighted by Crippen LogP contribution is -2.40. The molecule has 3 aromatic rings. The normalized spacial score (nSPS) is 17.5. The Labute approximate surface area is 263 Å². The van der Waals surface area contributed by atoms with Crippen LogP contribution < -0.4 is 11.1 Å². The molecule has 0 radical (unpaired) electrons. The maximum absolute atomic E-state index is 13.3. The van der Waals surface area contributed by atoms with Gasteiger partial charge in [-0.1, -0.05) is 24.3 Å². The molecule has 3 heterocycles. The summed E-state index contributed by atoms with van der Waals surface area (Å²) in [7, 11) is -2.34. The van der Waals surface area contributed by atoms with Gasteiger partial charge in [0, 0.05) is 37.9 Å². The smallest absolute Gasteiger partial charge is 0.410 e. The van der Waals surface area contributed by atoms with Crippen LogP contribution in [0.25, 0.3) is 11.3 Å². The Kier molecular flexibility index (Phi) is 11.1. The lowest BCUT2D eigenvalue weighted by atomic mass is 10.1. The molecule has 0 saturated carbocycles. The quantitative estimate of drug-likeness (QED) is 0.345. The van der Waals surface area contributed by atoms with Crippen molar-refractivity contribution in [3.8, 4) is 11.3 Å². The van der Waals surface area contributed by atoms with Gasteiger partial charge < -0.3 is 30.2 Å². The van der Waals surface area contributed by atoms with Crippen LogP contribution in [0.2, 0.25) is 0 Å². The third kappa shape index (κ3) is 9.44. The van der Waals surface area contributed by atoms with E-state index >= 15 is 0 Å². The number of nitrogens with two attached hydrogens (primary N) is 1. The molecule has 0 aliphatic carbocycles. The predicted octanol–water partition coefficient (Wildman–Crippen LogP) is 3.77. The zero-order valence-electron chi connectivity index (χ0n) is 26.0. The van der Waals surface area contributed by atoms with E-state index in [0.29, 0.717) is 43.2 Å². The molecule has 242 valence electrons. The molecule has 2 aliphatic heterocycles. The van der Waals surface area contributed by atoms with Crippen LogP contribution in [0.5, 0.6) is 0 Å². The van der Waals surface area contributed by atoms with E-state index in [0.717, 1.165) is 5.56 Å². The number of aromatic nitrogens is 2. The Morgan fingerprint density at radius 1 is 1.02 bits per heavy atom. The second-order valence-corrected chi connectivity index (χ2v) is 13.5. The molecular formula is C31H40N6O7S. The maximum atomic E-state index is 13.3. The largest absolute Gasteiger partial charge is 0.444 e. The number of rotatable bonds is 0. The van der Waals surface area contributed by atoms with E-state index in [2.05, 4.69) is 15.3 Å². The van der Waals surface area contributed by atoms with Gasteiger partial charge in [-0.2, -0.15) is 0 Å². The number of nitrogen functional groups attached to an aromatic ring is 1. The number of carbonyl (C=O) groups is 2. The second kappa shape index (κ2) is 14.8. The molecule has 0 atom stereocenters. The van der Waals surface area contributed by atoms with Crippen molar-refractivity contribution in [2.75, 3.05) is 57.6 Å². The van der Waals surface area contributed by atoms with Gasteiger partial charge in [0.05, 0.1) is 43.2 Å². The topological polar surface area (TPSA) is 166 Å². The van der Waals surface area contributed by atoms with Crippen LogP contribution in [0.4, 0.5) is 16.3 Å². The summed E-state index contributed by atoms with van der Waals surface area (Å²) < 4.78 is 44.8. The van der Waals surface area contributed by atoms with E-state index in [4.69, 9.17) is 19.9 Å². The summed E-state index contributed by atoms with van der Waals surface area (Å²) in [5.41, 5.74) is 7.51. The van der Waals surface area contributed by atoms with Crippen molar-refractivity contribution in [1.29, 1.82) is 0 Å². The molecule has 0 fully saturated rings. The minimum atomic E-state index is -3.83. The number of hydrogen-bond acceptors (Lipinski definition) is 10. The summed E-state index contributed by atoms with van der Waals surface area (Å²) in [6, 6.07) is 13.3. The summed E-state index contributed by atoms with van der Waals surface area (Å²) in [5.74, 6) is -0.584. The number of nitrogens with zero attached hydrogens (tertiary/aromatic N) is 4. The molecule has 2 aliphatic rings. The number of sulfonamides is 1. The van der Waals surface area contributed by atoms with Crippen molar-refractivity contribution in [3.05, 3.63) is 66.0 Å². The molecule has 2 aromatic carbocycles. The van der Waals surface area contributed by atoms with E-state index in [9.17, 15) is 18.0 Å². The summed E-state index contributed by atoms with van der Waals surface area (Å²) in [6.45, 7) is 7.22. The van der Waals surface area contributed by atoms with Gasteiger partial charge >= 0.3 is 6.09 Å². The van der Waals surface area contributed by atoms with Gasteiger partial charge in [-0.3, -0.25) is 4.79 Å². The van der Waals surface area contributed by atoms with Crippen LogP contribution in [0.15, 0.2) is 59.6 Å². The number of fused-ring (bicyclic) bond motifs is 15. The molecule has 0 spiro atoms. The van der Waals surface area contributed by atoms with Crippen molar-refractivity contribution in [2.45, 2.75) is 44.3 Å². The van der Waals surface area contributed by atoms with Gasteiger partial charge in [-0.15, -0.1) is 0 Å². The molecule has 1 aromatic heterocycles. The van der Waals surface area contributed by atoms with Crippen LogP contribution in [-0.2, 0) is 30.8 Å². The Morgan fingerprint density at radius 2 is 1.76 bits per heavy atom. The summed E-state index contributed by atoms with van der Waals surface area (Å²) in [4.78, 5) is 36.1. The lowest BCUT2D eigenvalue weighted by Gasteiger charge is -2.28. The summed E-state index contributed by atoms with van der Waals surface area (Å²) in [6.07, 6.45) is 1.30. The highest BCUT2D eigenvalue weighted by Crippen LogP contribution is 2.23. The summed E-state index contributed by atoms with van der Waals surface area (Å²) >= 11 is 0. The van der Waals surface area contributed by atoms with Crippen LogP contribution in [0.3, 0.4) is 0 Å². The van der Waals surface area contributed by atoms with Crippen molar-refractivity contribution in [2.24, 2.45) is 0 Å². The van der Waals surface area contributed by atoms with Crippen molar-refractivity contribution in [1.82, 2.24) is 19.2 Å². The van der Waals surface area contributed by atoms with Gasteiger partial charge in [-0.05, 0) is 57.0 Å². The highest BCUT2D eigenvalue weighted by Gasteiger charge is 2.24. The van der Waals surface area contributed by atoms with Gasteiger partial charge in [0.1, 0.15) is 5.60 Å². The first-order valence-corrected chi connectivity index (χ1v) is 16.0. The Balaban J connectivity index is 1.58. The molecule has 0 unspecified atom stereocenters. The van der Waals surface area contributed by atoms with Crippen molar-refractivity contribution >= 4 is 33.5 Å². The third-order valence-electron chi connectivity index (χ3n) is 6.76. The first-order chi connectivity index (χ1) is 21.3. The lowest BCUT2D eigenvalue weighted by molar-refractivity contribution is 0.00893. The first-order valence-electron chi connectivity index (χ1n) is 14.6. The Morgan fingerprint density at radius 3 is 2.49 bits per heavy atom. The number of anilines is 2. The molecule has 3 N–H and O–H groups in total. The molecule has 2 amide bonds. The zero-order valence-corrected chi connectivity index (χ0v) is 26.8. The molecule has 0 saturated heterocycles. The number of ether oxygens (including phenoxy) is 3. The number of amides is 2. The van der Waals surface area contributed by atoms with Crippen molar-refractivity contribution in [3.63, 3.8) is 0 Å². The average Bonchev–Trinajstić information content (AvgIpc) is 2.98. The van der Waals surface area contributed by atoms with E-state index in [1.165, 1.54) is 34.6 Å². The zero-order chi connectivity index (χ0) is 32.6. The van der Waals surface area contributed by atoms with E-state index in [1.54, 1.807) is 51.1 Å². The molecular weight excluding hydrogens is 600 g/mol. The minimum absolute atomic E-state index is 0.0425. The number of nitrogens with one attached hydrogen (secondary N) is 1. The molecule has 14 heteroatoms. The van der Waals surface area contributed by atoms with Crippen LogP contribution in [0.1, 0.15) is 43.2 Å². The standard InChI is InChI=1S/C31H40N6O7S/c1-31(2,3)44-30(39)37-14-6-13-36(4)45(40,41)25-11-9-23(10-12-25)26-20-33-28(32)27(35-26)29(38)34-24-8-5-7-22(19-24)21-43-18-17-42-16-15-37/h5,7-12,19-20H,6,13-18,21H2,1-4H3,(H2,32,33)(H,34,38).